The Bertz CT molecular complexity index is 1260. The fraction of sp³-hybridized carbons (Fsp3) is 0.208. The van der Waals surface area contributed by atoms with Crippen molar-refractivity contribution in [2.45, 2.75) is 31.2 Å². The Morgan fingerprint density at radius 3 is 2.78 bits per heavy atom. The van der Waals surface area contributed by atoms with Crippen LogP contribution in [0.5, 0.6) is 0 Å². The van der Waals surface area contributed by atoms with Crippen molar-refractivity contribution < 1.29 is 0 Å². The van der Waals surface area contributed by atoms with Gasteiger partial charge in [0.2, 0.25) is 0 Å². The third-order valence-corrected chi connectivity index (χ3v) is 6.36. The number of anilines is 2. The predicted octanol–water partition coefficient (Wildman–Crippen LogP) is 5.01. The van der Waals surface area contributed by atoms with Crippen LogP contribution >= 0.6 is 11.6 Å². The highest BCUT2D eigenvalue weighted by atomic mass is 35.5. The van der Waals surface area contributed by atoms with Crippen molar-refractivity contribution in [3.63, 3.8) is 0 Å². The molecule has 2 aromatic carbocycles. The lowest BCUT2D eigenvalue weighted by Gasteiger charge is -2.40. The zero-order chi connectivity index (χ0) is 22.0. The first-order valence-electron chi connectivity index (χ1n) is 10.6. The van der Waals surface area contributed by atoms with Gasteiger partial charge in [-0.2, -0.15) is 5.10 Å². The topological polar surface area (TPSA) is 104 Å². The number of benzene rings is 2. The molecule has 0 spiro atoms. The predicted molar refractivity (Wildman–Crippen MR) is 130 cm³/mol. The molecule has 1 aliphatic rings. The molecule has 1 aliphatic carbocycles. The number of H-pyrrole nitrogens is 1. The van der Waals surface area contributed by atoms with E-state index in [1.54, 1.807) is 0 Å². The molecule has 1 fully saturated rings. The maximum atomic E-state index is 6.07. The van der Waals surface area contributed by atoms with Crippen LogP contribution in [0.1, 0.15) is 36.2 Å². The fourth-order valence-electron chi connectivity index (χ4n) is 4.25. The minimum absolute atomic E-state index is 0.121. The number of hydrogen-bond donors (Lipinski definition) is 4. The van der Waals surface area contributed by atoms with E-state index in [1.807, 2.05) is 54.7 Å². The summed E-state index contributed by atoms with van der Waals surface area (Å²) in [6, 6.07) is 18.0. The van der Waals surface area contributed by atoms with Gasteiger partial charge in [-0.3, -0.25) is 0 Å². The second-order valence-corrected chi connectivity index (χ2v) is 8.53. The van der Waals surface area contributed by atoms with Crippen LogP contribution in [0.25, 0.3) is 11.0 Å². The van der Waals surface area contributed by atoms with Gasteiger partial charge in [0, 0.05) is 23.5 Å². The Morgan fingerprint density at radius 1 is 1.16 bits per heavy atom. The lowest BCUT2D eigenvalue weighted by atomic mass is 9.64. The second kappa shape index (κ2) is 8.51. The van der Waals surface area contributed by atoms with Crippen LogP contribution in [-0.4, -0.2) is 21.3 Å². The van der Waals surface area contributed by atoms with Crippen LogP contribution in [0.2, 0.25) is 5.02 Å². The van der Waals surface area contributed by atoms with Gasteiger partial charge in [-0.25, -0.2) is 9.97 Å². The fourth-order valence-corrected chi connectivity index (χ4v) is 4.46. The van der Waals surface area contributed by atoms with Gasteiger partial charge in [-0.15, -0.1) is 0 Å². The third-order valence-electron chi connectivity index (χ3n) is 6.13. The molecule has 32 heavy (non-hydrogen) atoms. The van der Waals surface area contributed by atoms with Crippen LogP contribution in [0.15, 0.2) is 65.9 Å². The lowest BCUT2D eigenvalue weighted by Crippen LogP contribution is -2.36. The van der Waals surface area contributed by atoms with E-state index < -0.39 is 0 Å². The molecule has 0 radical (unpaired) electrons. The third kappa shape index (κ3) is 3.87. The van der Waals surface area contributed by atoms with Crippen molar-refractivity contribution in [1.82, 2.24) is 15.0 Å². The Labute approximate surface area is 191 Å². The number of rotatable bonds is 7. The van der Waals surface area contributed by atoms with E-state index in [0.717, 1.165) is 51.8 Å². The van der Waals surface area contributed by atoms with Crippen molar-refractivity contribution in [2.24, 2.45) is 10.9 Å². The number of pyridine rings is 1. The molecule has 162 valence electrons. The Balaban J connectivity index is 1.36. The number of nitrogens with one attached hydrogen (secondary N) is 3. The monoisotopic (exact) mass is 445 g/mol. The Hall–Kier alpha value is -3.58. The highest BCUT2D eigenvalue weighted by Crippen LogP contribution is 2.48. The smallest absolute Gasteiger partial charge is 0.126 e. The summed E-state index contributed by atoms with van der Waals surface area (Å²) in [4.78, 5) is 13.1. The summed E-state index contributed by atoms with van der Waals surface area (Å²) in [5, 5.41) is 10.6. The first-order valence-corrected chi connectivity index (χ1v) is 11.0. The molecule has 8 heteroatoms. The normalized spacial score (nSPS) is 15.0. The highest BCUT2D eigenvalue weighted by Gasteiger charge is 2.43. The lowest BCUT2D eigenvalue weighted by molar-refractivity contribution is 0.287. The number of imidazole rings is 1. The van der Waals surface area contributed by atoms with Gasteiger partial charge in [0.25, 0.3) is 0 Å². The number of nitrogens with two attached hydrogens (primary N) is 1. The quantitative estimate of drug-likeness (QED) is 0.138. The van der Waals surface area contributed by atoms with Gasteiger partial charge in [0.1, 0.15) is 18.0 Å². The zero-order valence-electron chi connectivity index (χ0n) is 17.5. The van der Waals surface area contributed by atoms with Crippen molar-refractivity contribution in [1.29, 1.82) is 0 Å². The molecular weight excluding hydrogens is 422 g/mol. The maximum absolute atomic E-state index is 6.07. The van der Waals surface area contributed by atoms with Gasteiger partial charge >= 0.3 is 0 Å². The van der Waals surface area contributed by atoms with E-state index in [1.165, 1.54) is 18.3 Å². The number of hydrogen-bond acceptors (Lipinski definition) is 5. The van der Waals surface area contributed by atoms with Crippen LogP contribution in [0.4, 0.5) is 11.5 Å². The first kappa shape index (κ1) is 20.3. The van der Waals surface area contributed by atoms with Crippen molar-refractivity contribution in [2.75, 3.05) is 10.6 Å². The van der Waals surface area contributed by atoms with E-state index in [2.05, 4.69) is 31.8 Å². The van der Waals surface area contributed by atoms with Gasteiger partial charge < -0.3 is 21.5 Å². The molecule has 0 atom stereocenters. The summed E-state index contributed by atoms with van der Waals surface area (Å²) in [6.45, 7) is 0.673. The van der Waals surface area contributed by atoms with Crippen molar-refractivity contribution >= 4 is 40.5 Å². The largest absolute Gasteiger partial charge is 0.366 e. The molecule has 0 aliphatic heterocycles. The van der Waals surface area contributed by atoms with Gasteiger partial charge in [-0.05, 0) is 60.4 Å². The molecule has 0 amide bonds. The molecular formula is C24H24ClN7. The average molecular weight is 446 g/mol. The number of aromatic amines is 1. The molecule has 4 aromatic rings. The summed E-state index contributed by atoms with van der Waals surface area (Å²) in [6.07, 6.45) is 6.70. The minimum Gasteiger partial charge on any atom is -0.366 e. The molecule has 2 aromatic heterocycles. The Morgan fingerprint density at radius 2 is 2.06 bits per heavy atom. The summed E-state index contributed by atoms with van der Waals surface area (Å²) >= 11 is 6.07. The molecule has 0 bridgehead atoms. The summed E-state index contributed by atoms with van der Waals surface area (Å²) in [5.74, 6) is 7.00. The number of fused-ring (bicyclic) bond motifs is 1. The number of aromatic nitrogens is 3. The van der Waals surface area contributed by atoms with Crippen LogP contribution in [0.3, 0.4) is 0 Å². The molecule has 0 saturated heterocycles. The standard InChI is InChI=1S/C24H24ClN7/c25-18-4-1-3-16(11-18)13-27-22-8-5-17(14-28-22)24(9-2-10-24)23-31-20-7-6-19(29-15-30-26)12-21(20)32-23/h1,3-8,11-12,14-15H,2,9-10,13,26H2,(H,27,28)(H,29,30)(H,31,32). The molecule has 5 N–H and O–H groups in total. The van der Waals surface area contributed by atoms with E-state index in [4.69, 9.17) is 22.4 Å². The minimum atomic E-state index is -0.121. The average Bonchev–Trinajstić information content (AvgIpc) is 3.20. The zero-order valence-corrected chi connectivity index (χ0v) is 18.2. The second-order valence-electron chi connectivity index (χ2n) is 8.09. The summed E-state index contributed by atoms with van der Waals surface area (Å²) < 4.78 is 0. The van der Waals surface area contributed by atoms with Crippen molar-refractivity contribution in [3.8, 4) is 0 Å². The van der Waals surface area contributed by atoms with Crippen LogP contribution < -0.4 is 16.5 Å². The molecule has 2 heterocycles. The van der Waals surface area contributed by atoms with Crippen molar-refractivity contribution in [3.05, 3.63) is 82.8 Å². The number of nitrogens with zero attached hydrogens (tertiary/aromatic N) is 3. The van der Waals surface area contributed by atoms with Gasteiger partial charge in [0.05, 0.1) is 16.4 Å². The maximum Gasteiger partial charge on any atom is 0.126 e. The van der Waals surface area contributed by atoms with E-state index in [9.17, 15) is 0 Å². The molecule has 0 unspecified atom stereocenters. The van der Waals surface area contributed by atoms with E-state index in [-0.39, 0.29) is 5.41 Å². The van der Waals surface area contributed by atoms with Crippen LogP contribution in [-0.2, 0) is 12.0 Å². The first-order chi connectivity index (χ1) is 15.7. The number of halogens is 1. The summed E-state index contributed by atoms with van der Waals surface area (Å²) in [7, 11) is 0. The molecule has 5 rings (SSSR count). The molecule has 1 saturated carbocycles. The van der Waals surface area contributed by atoms with Gasteiger partial charge in [0.15, 0.2) is 0 Å². The SMILES string of the molecule is N/N=C\Nc1ccc2[nH]c(C3(c4ccc(NCc5cccc(Cl)c5)nc4)CCC3)nc2c1. The molecule has 7 nitrogen and oxygen atoms in total. The Kier molecular flexibility index (Phi) is 5.41. The van der Waals surface area contributed by atoms with Crippen LogP contribution in [0, 0.1) is 0 Å². The summed E-state index contributed by atoms with van der Waals surface area (Å²) in [5.41, 5.74) is 4.99. The number of hydrazone groups is 1. The highest BCUT2D eigenvalue weighted by molar-refractivity contribution is 6.30. The van der Waals surface area contributed by atoms with E-state index >= 15 is 0 Å². The van der Waals surface area contributed by atoms with Gasteiger partial charge in [-0.1, -0.05) is 36.2 Å². The van der Waals surface area contributed by atoms with E-state index in [0.29, 0.717) is 6.54 Å².